The Morgan fingerprint density at radius 3 is 0.304 bits per heavy atom. The van der Waals surface area contributed by atoms with Crippen LogP contribution in [0.25, 0.3) is 0 Å². The van der Waals surface area contributed by atoms with Gasteiger partial charge in [0.2, 0.25) is 0 Å². The summed E-state index contributed by atoms with van der Waals surface area (Å²) in [4.78, 5) is 21.6. The van der Waals surface area contributed by atoms with E-state index in [-0.39, 0.29) is 98.6 Å². The van der Waals surface area contributed by atoms with E-state index in [1.165, 1.54) is 0 Å². The molecule has 0 saturated carbocycles. The van der Waals surface area contributed by atoms with Crippen LogP contribution in [0.4, 0.5) is 0 Å². The van der Waals surface area contributed by atoms with Crippen LogP contribution < -0.4 is 0 Å². The van der Waals surface area contributed by atoms with Crippen molar-refractivity contribution in [1.29, 1.82) is 0 Å². The Kier molecular flexibility index (Phi) is 11900. The van der Waals surface area contributed by atoms with Gasteiger partial charge in [0.25, 0.3) is 0 Å². The van der Waals surface area contributed by atoms with E-state index in [2.05, 4.69) is 0 Å². The summed E-state index contributed by atoms with van der Waals surface area (Å²) < 4.78 is 8.88. The zero-order chi connectivity index (χ0) is 4.50. The largest absolute Gasteiger partial charge is 0.466 e. The first-order valence-electron chi connectivity index (χ1n) is 0.783. The van der Waals surface area contributed by atoms with Crippen LogP contribution in [0.1, 0.15) is 0 Å². The van der Waals surface area contributed by atoms with Gasteiger partial charge in [0.1, 0.15) is 0 Å². The van der Waals surface area contributed by atoms with E-state index < -0.39 is 7.82 Å². The van der Waals surface area contributed by atoms with Crippen molar-refractivity contribution in [2.45, 2.75) is 0 Å². The third kappa shape index (κ3) is 21600. The summed E-state index contributed by atoms with van der Waals surface area (Å²) in [7, 11) is -4.64. The zero-order valence-corrected chi connectivity index (χ0v) is 12.1. The predicted molar refractivity (Wildman–Crippen MR) is 79.3 cm³/mol. The molecular formula is H39O22P. The molecule has 176 valence electrons. The van der Waals surface area contributed by atoms with Crippen LogP contribution in [0.15, 0.2) is 0 Å². The summed E-state index contributed by atoms with van der Waals surface area (Å²) in [6.07, 6.45) is 0. The Morgan fingerprint density at radius 2 is 0.304 bits per heavy atom. The van der Waals surface area contributed by atoms with Crippen molar-refractivity contribution in [2.24, 2.45) is 0 Å². The highest BCUT2D eigenvalue weighted by Crippen LogP contribution is 2.25. The molecule has 0 bridgehead atoms. The number of hydrogen-bond donors (Lipinski definition) is 3. The van der Waals surface area contributed by atoms with Crippen molar-refractivity contribution >= 4 is 7.82 Å². The Morgan fingerprint density at radius 1 is 0.304 bits per heavy atom. The summed E-state index contributed by atoms with van der Waals surface area (Å²) in [6.45, 7) is 0. The lowest BCUT2D eigenvalue weighted by atomic mass is 15.8. The number of phosphoric acid groups is 1. The zero-order valence-electron chi connectivity index (χ0n) is 11.2. The average molecular weight is 422 g/mol. The summed E-state index contributed by atoms with van der Waals surface area (Å²) in [5, 5.41) is 0. The molecule has 0 aliphatic carbocycles. The Balaban J connectivity index is -0.000000000523. The topological polar surface area (TPSA) is 645 Å². The number of rotatable bonds is 0. The van der Waals surface area contributed by atoms with Crippen LogP contribution in [0.2, 0.25) is 0 Å². The minimum Gasteiger partial charge on any atom is -0.412 e. The molecule has 22 nitrogen and oxygen atoms in total. The fourth-order valence-electron chi connectivity index (χ4n) is 0. The summed E-state index contributed by atoms with van der Waals surface area (Å²) in [5.74, 6) is 0. The van der Waals surface area contributed by atoms with Gasteiger partial charge in [-0.1, -0.05) is 0 Å². The average Bonchev–Trinajstić information content (AvgIpc) is 0.722. The van der Waals surface area contributed by atoms with Gasteiger partial charge in [-0.05, 0) is 0 Å². The van der Waals surface area contributed by atoms with Gasteiger partial charge in [0.15, 0.2) is 0 Å². The second-order valence-corrected chi connectivity index (χ2v) is 1.54. The molecule has 39 N–H and O–H groups in total. The molecule has 0 heterocycles. The van der Waals surface area contributed by atoms with Crippen molar-refractivity contribution in [2.75, 3.05) is 0 Å². The minimum absolute atomic E-state index is 0. The Hall–Kier alpha value is -0.610. The second-order valence-electron chi connectivity index (χ2n) is 0.513. The number of hydrogen-bond acceptors (Lipinski definition) is 1. The summed E-state index contributed by atoms with van der Waals surface area (Å²) in [6, 6.07) is 0. The molecule has 0 rings (SSSR count). The molecule has 23 heteroatoms. The third-order valence-electron chi connectivity index (χ3n) is 0. The van der Waals surface area contributed by atoms with Gasteiger partial charge >= 0.3 is 7.82 Å². The molecule has 0 amide bonds. The SMILES string of the molecule is O.O.O.O.O.O.O.O.O.O.O.O.O.O.O.O.O.O.O=P(O)(O)O. The van der Waals surface area contributed by atoms with Crippen molar-refractivity contribution in [3.05, 3.63) is 0 Å². The van der Waals surface area contributed by atoms with Crippen LogP contribution in [-0.4, -0.2) is 113 Å². The van der Waals surface area contributed by atoms with E-state index in [1.807, 2.05) is 0 Å². The van der Waals surface area contributed by atoms with Crippen LogP contribution in [0.3, 0.4) is 0 Å². The van der Waals surface area contributed by atoms with Gasteiger partial charge in [-0.2, -0.15) is 0 Å². The molecule has 0 spiro atoms. The molecular weight excluding hydrogens is 383 g/mol. The van der Waals surface area contributed by atoms with Gasteiger partial charge in [0, 0.05) is 0 Å². The predicted octanol–water partition coefficient (Wildman–Crippen LogP) is -15.8. The first-order valence-corrected chi connectivity index (χ1v) is 2.35. The molecule has 0 unspecified atom stereocenters. The maximum absolute atomic E-state index is 8.88. The second kappa shape index (κ2) is 306. The van der Waals surface area contributed by atoms with Crippen molar-refractivity contribution < 1.29 is 118 Å². The monoisotopic (exact) mass is 422 g/mol. The van der Waals surface area contributed by atoms with Gasteiger partial charge in [-0.3, -0.25) is 0 Å². The molecule has 23 heavy (non-hydrogen) atoms. The minimum atomic E-state index is -4.64. The van der Waals surface area contributed by atoms with Crippen LogP contribution in [0.5, 0.6) is 0 Å². The smallest absolute Gasteiger partial charge is 0.412 e. The van der Waals surface area contributed by atoms with E-state index in [0.29, 0.717) is 0 Å². The third-order valence-corrected chi connectivity index (χ3v) is 0. The molecule has 0 aliphatic rings. The van der Waals surface area contributed by atoms with E-state index in [9.17, 15) is 0 Å². The van der Waals surface area contributed by atoms with Crippen molar-refractivity contribution in [3.63, 3.8) is 0 Å². The molecule has 0 saturated heterocycles. The molecule has 0 fully saturated rings. The summed E-state index contributed by atoms with van der Waals surface area (Å²) >= 11 is 0. The highest BCUT2D eigenvalue weighted by atomic mass is 31.2. The van der Waals surface area contributed by atoms with E-state index >= 15 is 0 Å². The van der Waals surface area contributed by atoms with Crippen LogP contribution in [-0.2, 0) is 4.57 Å². The Bertz CT molecular complexity index is 52.1. The normalized spacial score (nSPS) is 2.57. The van der Waals surface area contributed by atoms with E-state index in [4.69, 9.17) is 19.2 Å². The highest BCUT2D eigenvalue weighted by Gasteiger charge is 2.00. The fourth-order valence-corrected chi connectivity index (χ4v) is 0. The molecule has 0 atom stereocenters. The lowest BCUT2D eigenvalue weighted by Crippen LogP contribution is -1.66. The first kappa shape index (κ1) is 891. The van der Waals surface area contributed by atoms with Gasteiger partial charge in [-0.15, -0.1) is 0 Å². The standard InChI is InChI=1S/H3O4P.18H2O/c1-5(2,3)4;;;;;;;;;;;;;;;;;;/h(H3,1,2,3,4);18*1H2. The highest BCUT2D eigenvalue weighted by molar-refractivity contribution is 7.45. The molecule has 0 aliphatic heterocycles. The quantitative estimate of drug-likeness (QED) is 0.320. The van der Waals surface area contributed by atoms with Gasteiger partial charge in [-0.25, -0.2) is 4.57 Å². The molecule has 0 radical (unpaired) electrons. The van der Waals surface area contributed by atoms with Crippen LogP contribution in [0, 0.1) is 0 Å². The fraction of sp³-hybridized carbons (Fsp3) is 0. The molecule has 0 aromatic rings. The summed E-state index contributed by atoms with van der Waals surface area (Å²) in [5.41, 5.74) is 0. The van der Waals surface area contributed by atoms with Crippen molar-refractivity contribution in [3.8, 4) is 0 Å². The van der Waals surface area contributed by atoms with E-state index in [1.54, 1.807) is 0 Å². The molecule has 0 aromatic carbocycles. The van der Waals surface area contributed by atoms with Gasteiger partial charge in [0.05, 0.1) is 0 Å². The maximum atomic E-state index is 8.88. The Labute approximate surface area is 127 Å². The van der Waals surface area contributed by atoms with E-state index in [0.717, 1.165) is 0 Å². The first-order chi connectivity index (χ1) is 2.00. The maximum Gasteiger partial charge on any atom is 0.466 e. The van der Waals surface area contributed by atoms with Crippen molar-refractivity contribution in [1.82, 2.24) is 0 Å². The lowest BCUT2D eigenvalue weighted by molar-refractivity contribution is 0.275. The van der Waals surface area contributed by atoms with Gasteiger partial charge < -0.3 is 113 Å². The molecule has 0 aromatic heterocycles. The lowest BCUT2D eigenvalue weighted by Gasteiger charge is -1.82. The van der Waals surface area contributed by atoms with Crippen LogP contribution >= 0.6 is 7.82 Å².